The van der Waals surface area contributed by atoms with Crippen LogP contribution < -0.4 is 15.6 Å². The van der Waals surface area contributed by atoms with Crippen LogP contribution in [0.2, 0.25) is 0 Å². The van der Waals surface area contributed by atoms with Gasteiger partial charge in [0, 0.05) is 24.7 Å². The van der Waals surface area contributed by atoms with Crippen LogP contribution in [-0.2, 0) is 4.74 Å². The van der Waals surface area contributed by atoms with E-state index in [1.54, 1.807) is 11.3 Å². The van der Waals surface area contributed by atoms with Gasteiger partial charge in [-0.3, -0.25) is 5.43 Å². The first-order valence-corrected chi connectivity index (χ1v) is 11.5. The largest absolute Gasteiger partial charge is 0.378 e. The molecule has 1 saturated heterocycles. The molecule has 29 heavy (non-hydrogen) atoms. The average molecular weight is 430 g/mol. The molecular formula is C21H27N5OS2. The molecule has 1 aliphatic heterocycles. The van der Waals surface area contributed by atoms with Gasteiger partial charge >= 0.3 is 0 Å². The number of benzene rings is 1. The number of thiocarbonyl (C=S) groups is 1. The summed E-state index contributed by atoms with van der Waals surface area (Å²) in [7, 11) is 0. The van der Waals surface area contributed by atoms with E-state index in [2.05, 4.69) is 32.9 Å². The summed E-state index contributed by atoms with van der Waals surface area (Å²) in [6, 6.07) is 10.7. The Morgan fingerprint density at radius 2 is 1.93 bits per heavy atom. The van der Waals surface area contributed by atoms with Gasteiger partial charge in [-0.05, 0) is 25.1 Å². The first-order chi connectivity index (χ1) is 14.3. The number of morpholine rings is 1. The zero-order chi connectivity index (χ0) is 19.9. The lowest BCUT2D eigenvalue weighted by atomic mass is 9.96. The zero-order valence-corrected chi connectivity index (χ0v) is 18.1. The van der Waals surface area contributed by atoms with Crippen molar-refractivity contribution in [3.05, 3.63) is 35.2 Å². The van der Waals surface area contributed by atoms with Gasteiger partial charge < -0.3 is 15.0 Å². The molecule has 0 bridgehead atoms. The number of ether oxygens (including phenoxy) is 1. The van der Waals surface area contributed by atoms with Crippen LogP contribution >= 0.6 is 23.6 Å². The quantitative estimate of drug-likeness (QED) is 0.429. The zero-order valence-electron chi connectivity index (χ0n) is 16.5. The predicted octanol–water partition coefficient (Wildman–Crippen LogP) is 3.78. The van der Waals surface area contributed by atoms with Crippen molar-refractivity contribution in [3.63, 3.8) is 0 Å². The van der Waals surface area contributed by atoms with Crippen LogP contribution in [0.4, 0.5) is 5.13 Å². The molecule has 0 amide bonds. The number of aromatic nitrogens is 1. The van der Waals surface area contributed by atoms with Gasteiger partial charge in [-0.2, -0.15) is 5.10 Å². The van der Waals surface area contributed by atoms with E-state index in [4.69, 9.17) is 21.9 Å². The molecule has 2 aromatic rings. The Labute approximate surface area is 181 Å². The van der Waals surface area contributed by atoms with Gasteiger partial charge in [0.15, 0.2) is 10.2 Å². The monoisotopic (exact) mass is 429 g/mol. The molecule has 2 fully saturated rings. The Kier molecular flexibility index (Phi) is 7.08. The maximum Gasteiger partial charge on any atom is 0.187 e. The van der Waals surface area contributed by atoms with Crippen LogP contribution in [-0.4, -0.2) is 48.7 Å². The van der Waals surface area contributed by atoms with Gasteiger partial charge in [0.05, 0.1) is 30.0 Å². The fourth-order valence-corrected chi connectivity index (χ4v) is 4.94. The minimum atomic E-state index is 0.468. The molecule has 154 valence electrons. The maximum absolute atomic E-state index is 5.47. The lowest BCUT2D eigenvalue weighted by molar-refractivity contribution is 0.122. The number of rotatable bonds is 5. The van der Waals surface area contributed by atoms with Crippen molar-refractivity contribution in [2.45, 2.75) is 38.1 Å². The SMILES string of the molecule is S=C(N/N=C/c1sc(N2CCOCC2)nc1-c1ccccc1)NC1CCCCC1. The van der Waals surface area contributed by atoms with Crippen LogP contribution in [0, 0.1) is 0 Å². The first kappa shape index (κ1) is 20.3. The second kappa shape index (κ2) is 10.1. The van der Waals surface area contributed by atoms with Gasteiger partial charge in [-0.15, -0.1) is 0 Å². The van der Waals surface area contributed by atoms with Gasteiger partial charge in [-0.25, -0.2) is 4.98 Å². The van der Waals surface area contributed by atoms with Crippen LogP contribution in [0.25, 0.3) is 11.3 Å². The highest BCUT2D eigenvalue weighted by Gasteiger charge is 2.19. The third-order valence-corrected chi connectivity index (χ3v) is 6.52. The second-order valence-corrected chi connectivity index (χ2v) is 8.77. The molecule has 1 saturated carbocycles. The standard InChI is InChI=1S/C21H27N5OS2/c28-20(23-17-9-5-2-6-10-17)25-22-15-18-19(16-7-3-1-4-8-16)24-21(29-18)26-11-13-27-14-12-26/h1,3-4,7-8,15,17H,2,5-6,9-14H2,(H2,23,25,28)/b22-15+. The van der Waals surface area contributed by atoms with Crippen LogP contribution in [0.5, 0.6) is 0 Å². The second-order valence-electron chi connectivity index (χ2n) is 7.35. The maximum atomic E-state index is 5.47. The van der Waals surface area contributed by atoms with Crippen molar-refractivity contribution in [2.24, 2.45) is 5.10 Å². The summed E-state index contributed by atoms with van der Waals surface area (Å²) in [4.78, 5) is 8.21. The molecule has 8 heteroatoms. The smallest absolute Gasteiger partial charge is 0.187 e. The topological polar surface area (TPSA) is 61.8 Å². The summed E-state index contributed by atoms with van der Waals surface area (Å²) in [6.45, 7) is 3.22. The molecule has 0 atom stereocenters. The third-order valence-electron chi connectivity index (χ3n) is 5.26. The van der Waals surface area contributed by atoms with E-state index in [9.17, 15) is 0 Å². The summed E-state index contributed by atoms with van der Waals surface area (Å²) < 4.78 is 5.47. The number of hydrogen-bond acceptors (Lipinski definition) is 6. The summed E-state index contributed by atoms with van der Waals surface area (Å²) in [6.07, 6.45) is 8.07. The van der Waals surface area contributed by atoms with Gasteiger partial charge in [0.1, 0.15) is 0 Å². The molecule has 1 aliphatic carbocycles. The van der Waals surface area contributed by atoms with Crippen LogP contribution in [0.3, 0.4) is 0 Å². The van der Waals surface area contributed by atoms with Crippen molar-refractivity contribution in [2.75, 3.05) is 31.2 Å². The minimum Gasteiger partial charge on any atom is -0.378 e. The highest BCUT2D eigenvalue weighted by atomic mass is 32.1. The minimum absolute atomic E-state index is 0.468. The number of anilines is 1. The summed E-state index contributed by atoms with van der Waals surface area (Å²) in [5, 5.41) is 9.38. The molecular weight excluding hydrogens is 402 g/mol. The average Bonchev–Trinajstić information content (AvgIpc) is 3.20. The summed E-state index contributed by atoms with van der Waals surface area (Å²) in [5.41, 5.74) is 5.02. The summed E-state index contributed by atoms with van der Waals surface area (Å²) >= 11 is 7.07. The van der Waals surface area contributed by atoms with Crippen LogP contribution in [0.1, 0.15) is 37.0 Å². The summed E-state index contributed by atoms with van der Waals surface area (Å²) in [5.74, 6) is 0. The van der Waals surface area contributed by atoms with Crippen molar-refractivity contribution < 1.29 is 4.74 Å². The molecule has 2 N–H and O–H groups in total. The van der Waals surface area contributed by atoms with Crippen molar-refractivity contribution in [3.8, 4) is 11.3 Å². The predicted molar refractivity (Wildman–Crippen MR) is 124 cm³/mol. The molecule has 2 heterocycles. The number of nitrogens with one attached hydrogen (secondary N) is 2. The Bertz CT molecular complexity index is 827. The van der Waals surface area contributed by atoms with Gasteiger partial charge in [0.2, 0.25) is 0 Å². The Morgan fingerprint density at radius 3 is 2.69 bits per heavy atom. The molecule has 0 spiro atoms. The van der Waals surface area contributed by atoms with Crippen LogP contribution in [0.15, 0.2) is 35.4 Å². The van der Waals surface area contributed by atoms with Crippen molar-refractivity contribution in [1.29, 1.82) is 0 Å². The molecule has 1 aromatic carbocycles. The molecule has 0 radical (unpaired) electrons. The third kappa shape index (κ3) is 5.52. The fraction of sp³-hybridized carbons (Fsp3) is 0.476. The lowest BCUT2D eigenvalue weighted by Gasteiger charge is -2.26. The van der Waals surface area contributed by atoms with E-state index in [1.165, 1.54) is 32.1 Å². The van der Waals surface area contributed by atoms with E-state index in [1.807, 2.05) is 24.4 Å². The molecule has 1 aromatic heterocycles. The highest BCUT2D eigenvalue weighted by Crippen LogP contribution is 2.32. The van der Waals surface area contributed by atoms with Gasteiger partial charge in [-0.1, -0.05) is 60.9 Å². The molecule has 0 unspecified atom stereocenters. The number of hydrazone groups is 1. The lowest BCUT2D eigenvalue weighted by Crippen LogP contribution is -2.40. The van der Waals surface area contributed by atoms with E-state index in [0.717, 1.165) is 47.6 Å². The van der Waals surface area contributed by atoms with E-state index in [-0.39, 0.29) is 0 Å². The Balaban J connectivity index is 1.46. The normalized spacial score (nSPS) is 18.1. The fourth-order valence-electron chi connectivity index (χ4n) is 3.71. The Morgan fingerprint density at radius 1 is 1.17 bits per heavy atom. The highest BCUT2D eigenvalue weighted by molar-refractivity contribution is 7.80. The molecule has 4 rings (SSSR count). The van der Waals surface area contributed by atoms with E-state index < -0.39 is 0 Å². The van der Waals surface area contributed by atoms with Gasteiger partial charge in [0.25, 0.3) is 0 Å². The number of hydrogen-bond donors (Lipinski definition) is 2. The van der Waals surface area contributed by atoms with Crippen molar-refractivity contribution >= 4 is 40.0 Å². The van der Waals surface area contributed by atoms with E-state index in [0.29, 0.717) is 11.2 Å². The first-order valence-electron chi connectivity index (χ1n) is 10.3. The molecule has 2 aliphatic rings. The van der Waals surface area contributed by atoms with E-state index >= 15 is 0 Å². The Hall–Kier alpha value is -2.03. The molecule has 6 nitrogen and oxygen atoms in total. The number of thiazole rings is 1. The number of nitrogens with zero attached hydrogens (tertiary/aromatic N) is 3. The van der Waals surface area contributed by atoms with Crippen molar-refractivity contribution in [1.82, 2.24) is 15.7 Å².